The molecular formula is C31H30F4N6O3. The zero-order valence-electron chi connectivity index (χ0n) is 24.4. The van der Waals surface area contributed by atoms with Gasteiger partial charge in [-0.25, -0.2) is 18.7 Å². The highest BCUT2D eigenvalue weighted by Crippen LogP contribution is 2.39. The number of aromatic nitrogens is 4. The maximum absolute atomic E-state index is 15.9. The highest BCUT2D eigenvalue weighted by atomic mass is 19.4. The van der Waals surface area contributed by atoms with E-state index in [9.17, 15) is 27.9 Å². The predicted octanol–water partition coefficient (Wildman–Crippen LogP) is 5.27. The monoisotopic (exact) mass is 610 g/mol. The Kier molecular flexibility index (Phi) is 7.91. The molecule has 1 N–H and O–H groups in total. The summed E-state index contributed by atoms with van der Waals surface area (Å²) in [4.78, 5) is 42.5. The smallest absolute Gasteiger partial charge is 0.397 e. The molecule has 1 aliphatic heterocycles. The number of phenolic OH excluding ortho intramolecular Hbond substituents is 1. The standard InChI is InChI=1S/C31H30F4N6O3/c1-6-24(43)39-14-18(4)40(15-17(39)3)28-21-13-22(32)26(20-9-7-8-10-23(20)42)37-29(21)41(30(44)38-28)27-16(2)11-12-36-25(27)19(5)31(33,34)35/h6-13,17-19,42H,1,14-15H2,2-5H3/t17-,18+,19?/m1/s1. The lowest BCUT2D eigenvalue weighted by atomic mass is 10.0. The Bertz CT molecular complexity index is 1840. The second-order valence-corrected chi connectivity index (χ2v) is 10.9. The van der Waals surface area contributed by atoms with Crippen LogP contribution < -0.4 is 10.6 Å². The summed E-state index contributed by atoms with van der Waals surface area (Å²) >= 11 is 0. The van der Waals surface area contributed by atoms with Gasteiger partial charge in [-0.15, -0.1) is 0 Å². The zero-order chi connectivity index (χ0) is 32.1. The van der Waals surface area contributed by atoms with E-state index in [-0.39, 0.29) is 76.2 Å². The summed E-state index contributed by atoms with van der Waals surface area (Å²) in [7, 11) is 0. The van der Waals surface area contributed by atoms with Crippen molar-refractivity contribution in [2.24, 2.45) is 0 Å². The molecule has 1 amide bonds. The number of para-hydroxylation sites is 1. The summed E-state index contributed by atoms with van der Waals surface area (Å²) in [5.41, 5.74) is -1.72. The first-order chi connectivity index (χ1) is 20.7. The van der Waals surface area contributed by atoms with Gasteiger partial charge in [-0.05, 0) is 63.6 Å². The van der Waals surface area contributed by atoms with Gasteiger partial charge in [-0.1, -0.05) is 18.7 Å². The number of hydrogen-bond donors (Lipinski definition) is 1. The molecule has 0 saturated carbocycles. The third kappa shape index (κ3) is 5.26. The Morgan fingerprint density at radius 1 is 1.14 bits per heavy atom. The van der Waals surface area contributed by atoms with Crippen LogP contribution in [-0.2, 0) is 4.79 Å². The van der Waals surface area contributed by atoms with Gasteiger partial charge < -0.3 is 14.9 Å². The lowest BCUT2D eigenvalue weighted by Crippen LogP contribution is -2.58. The molecule has 230 valence electrons. The summed E-state index contributed by atoms with van der Waals surface area (Å²) in [5, 5.41) is 10.5. The van der Waals surface area contributed by atoms with Gasteiger partial charge in [0.1, 0.15) is 17.3 Å². The van der Waals surface area contributed by atoms with E-state index in [1.807, 2.05) is 13.8 Å². The van der Waals surface area contributed by atoms with Crippen LogP contribution in [0, 0.1) is 12.7 Å². The van der Waals surface area contributed by atoms with E-state index in [0.29, 0.717) is 0 Å². The van der Waals surface area contributed by atoms with Gasteiger partial charge in [0.05, 0.1) is 22.7 Å². The van der Waals surface area contributed by atoms with Crippen LogP contribution in [0.5, 0.6) is 5.75 Å². The first kappa shape index (κ1) is 30.6. The minimum atomic E-state index is -4.68. The Balaban J connectivity index is 1.84. The van der Waals surface area contributed by atoms with Gasteiger partial charge in [0.25, 0.3) is 0 Å². The summed E-state index contributed by atoms with van der Waals surface area (Å²) < 4.78 is 58.7. The summed E-state index contributed by atoms with van der Waals surface area (Å²) in [5.74, 6) is -3.39. The molecule has 1 fully saturated rings. The van der Waals surface area contributed by atoms with Crippen molar-refractivity contribution in [2.45, 2.75) is 51.9 Å². The van der Waals surface area contributed by atoms with E-state index in [2.05, 4.69) is 21.5 Å². The molecule has 0 bridgehead atoms. The van der Waals surface area contributed by atoms with Crippen molar-refractivity contribution >= 4 is 22.8 Å². The van der Waals surface area contributed by atoms with Gasteiger partial charge in [-0.2, -0.15) is 18.2 Å². The molecule has 4 heterocycles. The Hall–Kier alpha value is -4.81. The Labute approximate surface area is 250 Å². The molecule has 9 nitrogen and oxygen atoms in total. The van der Waals surface area contributed by atoms with Crippen molar-refractivity contribution in [3.05, 3.63) is 82.8 Å². The molecule has 13 heteroatoms. The molecule has 1 unspecified atom stereocenters. The third-order valence-corrected chi connectivity index (χ3v) is 7.96. The molecule has 44 heavy (non-hydrogen) atoms. The van der Waals surface area contributed by atoms with E-state index in [1.54, 1.807) is 21.9 Å². The number of amides is 1. The number of aromatic hydroxyl groups is 1. The van der Waals surface area contributed by atoms with Crippen molar-refractivity contribution < 1.29 is 27.5 Å². The fraction of sp³-hybridized carbons (Fsp3) is 0.323. The second kappa shape index (κ2) is 11.4. The molecule has 1 aliphatic rings. The molecule has 1 saturated heterocycles. The highest BCUT2D eigenvalue weighted by molar-refractivity contribution is 5.91. The van der Waals surface area contributed by atoms with Crippen LogP contribution in [0.15, 0.2) is 60.0 Å². The number of phenols is 1. The number of rotatable bonds is 5. The summed E-state index contributed by atoms with van der Waals surface area (Å²) in [6.45, 7) is 10.1. The van der Waals surface area contributed by atoms with E-state index >= 15 is 4.39 Å². The number of carbonyl (C=O) groups excluding carboxylic acids is 1. The van der Waals surface area contributed by atoms with E-state index in [0.717, 1.165) is 17.6 Å². The maximum atomic E-state index is 15.9. The number of benzene rings is 1. The number of halogens is 4. The molecule has 0 aliphatic carbocycles. The number of hydrogen-bond acceptors (Lipinski definition) is 7. The number of piperazine rings is 1. The van der Waals surface area contributed by atoms with Gasteiger partial charge in [0.15, 0.2) is 11.5 Å². The number of alkyl halides is 3. The first-order valence-electron chi connectivity index (χ1n) is 13.9. The van der Waals surface area contributed by atoms with E-state index < -0.39 is 29.3 Å². The average molecular weight is 611 g/mol. The van der Waals surface area contributed by atoms with Crippen LogP contribution in [-0.4, -0.2) is 66.8 Å². The quantitative estimate of drug-likeness (QED) is 0.243. The minimum absolute atomic E-state index is 0.0228. The topological polar surface area (TPSA) is 104 Å². The van der Waals surface area contributed by atoms with Crippen LogP contribution in [0.4, 0.5) is 23.4 Å². The Morgan fingerprint density at radius 2 is 1.84 bits per heavy atom. The molecule has 0 spiro atoms. The van der Waals surface area contributed by atoms with Gasteiger partial charge in [-0.3, -0.25) is 9.78 Å². The number of carbonyl (C=O) groups is 1. The molecule has 3 aromatic heterocycles. The zero-order valence-corrected chi connectivity index (χ0v) is 24.4. The van der Waals surface area contributed by atoms with Gasteiger partial charge in [0.2, 0.25) is 5.91 Å². The Morgan fingerprint density at radius 3 is 2.50 bits per heavy atom. The average Bonchev–Trinajstić information content (AvgIpc) is 2.97. The van der Waals surface area contributed by atoms with Crippen molar-refractivity contribution in [3.8, 4) is 22.7 Å². The van der Waals surface area contributed by atoms with Gasteiger partial charge >= 0.3 is 11.9 Å². The van der Waals surface area contributed by atoms with Crippen LogP contribution in [0.2, 0.25) is 0 Å². The molecule has 4 aromatic rings. The number of aryl methyl sites for hydroxylation is 1. The normalized spacial score (nSPS) is 18.0. The fourth-order valence-electron chi connectivity index (χ4n) is 5.57. The largest absolute Gasteiger partial charge is 0.507 e. The maximum Gasteiger partial charge on any atom is 0.397 e. The van der Waals surface area contributed by atoms with Gasteiger partial charge in [0, 0.05) is 36.9 Å². The number of nitrogens with zero attached hydrogens (tertiary/aromatic N) is 6. The molecular weight excluding hydrogens is 580 g/mol. The fourth-order valence-corrected chi connectivity index (χ4v) is 5.57. The summed E-state index contributed by atoms with van der Waals surface area (Å²) in [6, 6.07) is 7.72. The van der Waals surface area contributed by atoms with Crippen molar-refractivity contribution in [1.29, 1.82) is 0 Å². The number of anilines is 1. The van der Waals surface area contributed by atoms with Crippen molar-refractivity contribution in [1.82, 2.24) is 24.4 Å². The SMILES string of the molecule is C=CC(=O)N1C[C@H](C)N(c2nc(=O)n(-c3c(C)ccnc3C(C)C(F)(F)F)c3nc(-c4ccccc4O)c(F)cc23)C[C@H]1C. The van der Waals surface area contributed by atoms with Crippen molar-refractivity contribution in [3.63, 3.8) is 0 Å². The summed E-state index contributed by atoms with van der Waals surface area (Å²) in [6.07, 6.45) is -2.25. The van der Waals surface area contributed by atoms with E-state index in [4.69, 9.17) is 0 Å². The van der Waals surface area contributed by atoms with Crippen LogP contribution >= 0.6 is 0 Å². The third-order valence-electron chi connectivity index (χ3n) is 7.96. The highest BCUT2D eigenvalue weighted by Gasteiger charge is 2.41. The first-order valence-corrected chi connectivity index (χ1v) is 13.9. The van der Waals surface area contributed by atoms with Crippen molar-refractivity contribution in [2.75, 3.05) is 18.0 Å². The number of pyridine rings is 2. The molecule has 1 aromatic carbocycles. The molecule has 0 radical (unpaired) electrons. The molecule has 3 atom stereocenters. The predicted molar refractivity (Wildman–Crippen MR) is 157 cm³/mol. The van der Waals surface area contributed by atoms with Crippen LogP contribution in [0.3, 0.4) is 0 Å². The second-order valence-electron chi connectivity index (χ2n) is 10.9. The van der Waals surface area contributed by atoms with E-state index in [1.165, 1.54) is 37.4 Å². The lowest BCUT2D eigenvalue weighted by Gasteiger charge is -2.44. The van der Waals surface area contributed by atoms with Crippen LogP contribution in [0.1, 0.15) is 37.9 Å². The van der Waals surface area contributed by atoms with Crippen LogP contribution in [0.25, 0.3) is 28.0 Å². The lowest BCUT2D eigenvalue weighted by molar-refractivity contribution is -0.147. The minimum Gasteiger partial charge on any atom is -0.507 e. The molecule has 5 rings (SSSR count). The number of fused-ring (bicyclic) bond motifs is 1.